The van der Waals surface area contributed by atoms with Gasteiger partial charge in [-0.15, -0.1) is 0 Å². The smallest absolute Gasteiger partial charge is 0.0543 e. The maximum atomic E-state index is 10.3. The summed E-state index contributed by atoms with van der Waals surface area (Å²) in [6.07, 6.45) is 16.9. The van der Waals surface area contributed by atoms with E-state index in [0.717, 1.165) is 54.3 Å². The van der Waals surface area contributed by atoms with E-state index in [1.54, 1.807) is 19.3 Å². The van der Waals surface area contributed by atoms with Gasteiger partial charge < -0.3 is 5.11 Å². The maximum absolute atomic E-state index is 10.3. The van der Waals surface area contributed by atoms with Gasteiger partial charge in [-0.3, -0.25) is 0 Å². The molecule has 5 fully saturated rings. The van der Waals surface area contributed by atoms with Gasteiger partial charge in [-0.1, -0.05) is 33.6 Å². The first-order chi connectivity index (χ1) is 12.5. The molecular formula is C25H42O. The number of hydrogen-bond donors (Lipinski definition) is 1. The first-order valence-corrected chi connectivity index (χ1v) is 12.2. The van der Waals surface area contributed by atoms with Gasteiger partial charge in [-0.05, 0) is 116 Å². The van der Waals surface area contributed by atoms with Crippen molar-refractivity contribution in [3.63, 3.8) is 0 Å². The van der Waals surface area contributed by atoms with Crippen LogP contribution in [0.15, 0.2) is 0 Å². The average molecular weight is 359 g/mol. The number of aliphatic hydroxyl groups is 1. The van der Waals surface area contributed by atoms with Crippen molar-refractivity contribution in [3.05, 3.63) is 0 Å². The molecule has 5 rings (SSSR count). The zero-order valence-electron chi connectivity index (χ0n) is 17.6. The Morgan fingerprint density at radius 2 is 1.62 bits per heavy atom. The molecule has 148 valence electrons. The SMILES string of the molecule is CCCC1CC(C2CC2)C2C3CCC4CC(O)CCC4(C)C3CCC12C. The van der Waals surface area contributed by atoms with Crippen LogP contribution in [0.5, 0.6) is 0 Å². The summed E-state index contributed by atoms with van der Waals surface area (Å²) in [6.45, 7) is 7.79. The lowest BCUT2D eigenvalue weighted by Gasteiger charge is -2.61. The lowest BCUT2D eigenvalue weighted by Crippen LogP contribution is -2.54. The van der Waals surface area contributed by atoms with E-state index in [1.165, 1.54) is 44.9 Å². The van der Waals surface area contributed by atoms with Gasteiger partial charge in [-0.2, -0.15) is 0 Å². The van der Waals surface area contributed by atoms with Crippen molar-refractivity contribution in [1.82, 2.24) is 0 Å². The van der Waals surface area contributed by atoms with Crippen LogP contribution >= 0.6 is 0 Å². The second-order valence-corrected chi connectivity index (χ2v) is 11.8. The van der Waals surface area contributed by atoms with E-state index in [9.17, 15) is 5.11 Å². The highest BCUT2D eigenvalue weighted by molar-refractivity contribution is 5.12. The third kappa shape index (κ3) is 2.51. The van der Waals surface area contributed by atoms with Crippen LogP contribution in [0, 0.1) is 52.3 Å². The third-order valence-corrected chi connectivity index (χ3v) is 10.7. The molecule has 0 bridgehead atoms. The highest BCUT2D eigenvalue weighted by Crippen LogP contribution is 2.71. The van der Waals surface area contributed by atoms with Gasteiger partial charge >= 0.3 is 0 Å². The van der Waals surface area contributed by atoms with Crippen LogP contribution in [0.4, 0.5) is 0 Å². The predicted molar refractivity (Wildman–Crippen MR) is 108 cm³/mol. The molecule has 0 amide bonds. The van der Waals surface area contributed by atoms with Gasteiger partial charge in [-0.25, -0.2) is 0 Å². The number of fused-ring (bicyclic) bond motifs is 5. The number of aliphatic hydroxyl groups excluding tert-OH is 1. The van der Waals surface area contributed by atoms with E-state index in [4.69, 9.17) is 0 Å². The molecule has 0 aliphatic heterocycles. The molecule has 0 aromatic carbocycles. The van der Waals surface area contributed by atoms with E-state index in [-0.39, 0.29) is 6.10 Å². The van der Waals surface area contributed by atoms with Gasteiger partial charge in [0.25, 0.3) is 0 Å². The normalized spacial score (nSPS) is 56.5. The molecule has 1 N–H and O–H groups in total. The summed E-state index contributed by atoms with van der Waals surface area (Å²) in [5.41, 5.74) is 1.20. The Hall–Kier alpha value is -0.0400. The minimum atomic E-state index is -0.00175. The van der Waals surface area contributed by atoms with Crippen molar-refractivity contribution in [1.29, 1.82) is 0 Å². The monoisotopic (exact) mass is 358 g/mol. The molecule has 1 heteroatoms. The van der Waals surface area contributed by atoms with Crippen LogP contribution < -0.4 is 0 Å². The molecule has 0 heterocycles. The molecule has 5 aliphatic rings. The van der Waals surface area contributed by atoms with E-state index >= 15 is 0 Å². The topological polar surface area (TPSA) is 20.2 Å². The van der Waals surface area contributed by atoms with E-state index in [2.05, 4.69) is 20.8 Å². The van der Waals surface area contributed by atoms with E-state index in [1.807, 2.05) is 0 Å². The van der Waals surface area contributed by atoms with E-state index in [0.29, 0.717) is 10.8 Å². The molecule has 0 spiro atoms. The van der Waals surface area contributed by atoms with Gasteiger partial charge in [0.2, 0.25) is 0 Å². The van der Waals surface area contributed by atoms with Crippen LogP contribution in [0.25, 0.3) is 0 Å². The van der Waals surface area contributed by atoms with Gasteiger partial charge in [0.1, 0.15) is 0 Å². The maximum Gasteiger partial charge on any atom is 0.0543 e. The fourth-order valence-electron chi connectivity index (χ4n) is 9.35. The Labute approximate surface area is 161 Å². The standard InChI is InChI=1S/C25H42O/c1-4-5-17-15-21(16-6-7-16)23-20-9-8-18-14-19(26)10-12-24(18,2)22(20)11-13-25(17,23)3/h16-23,26H,4-15H2,1-3H3. The predicted octanol–water partition coefficient (Wildman–Crippen LogP) is 6.44. The van der Waals surface area contributed by atoms with Gasteiger partial charge in [0.05, 0.1) is 6.10 Å². The lowest BCUT2D eigenvalue weighted by molar-refractivity contribution is -0.134. The fraction of sp³-hybridized carbons (Fsp3) is 1.00. The fourth-order valence-corrected chi connectivity index (χ4v) is 9.35. The largest absolute Gasteiger partial charge is 0.393 e. The average Bonchev–Trinajstić information content (AvgIpc) is 3.41. The molecule has 5 aliphatic carbocycles. The Kier molecular flexibility index (Phi) is 4.32. The summed E-state index contributed by atoms with van der Waals surface area (Å²) in [4.78, 5) is 0. The molecule has 0 saturated heterocycles. The van der Waals surface area contributed by atoms with Crippen LogP contribution in [0.2, 0.25) is 0 Å². The van der Waals surface area contributed by atoms with Crippen LogP contribution in [-0.2, 0) is 0 Å². The molecule has 0 aromatic heterocycles. The summed E-state index contributed by atoms with van der Waals surface area (Å²) in [6, 6.07) is 0. The molecule has 9 unspecified atom stereocenters. The second-order valence-electron chi connectivity index (χ2n) is 11.8. The minimum Gasteiger partial charge on any atom is -0.393 e. The Morgan fingerprint density at radius 3 is 2.35 bits per heavy atom. The Morgan fingerprint density at radius 1 is 0.846 bits per heavy atom. The van der Waals surface area contributed by atoms with E-state index < -0.39 is 0 Å². The zero-order chi connectivity index (χ0) is 18.1. The highest BCUT2D eigenvalue weighted by Gasteiger charge is 2.63. The summed E-state index contributed by atoms with van der Waals surface area (Å²) in [7, 11) is 0. The summed E-state index contributed by atoms with van der Waals surface area (Å²) < 4.78 is 0. The Balaban J connectivity index is 1.46. The molecule has 9 atom stereocenters. The molecule has 0 aromatic rings. The third-order valence-electron chi connectivity index (χ3n) is 10.7. The molecule has 26 heavy (non-hydrogen) atoms. The van der Waals surface area contributed by atoms with Crippen LogP contribution in [-0.4, -0.2) is 11.2 Å². The van der Waals surface area contributed by atoms with Crippen LogP contribution in [0.3, 0.4) is 0 Å². The first kappa shape index (κ1) is 18.0. The van der Waals surface area contributed by atoms with Crippen molar-refractivity contribution >= 4 is 0 Å². The number of hydrogen-bond acceptors (Lipinski definition) is 1. The van der Waals surface area contributed by atoms with Crippen molar-refractivity contribution in [3.8, 4) is 0 Å². The first-order valence-electron chi connectivity index (χ1n) is 12.2. The van der Waals surface area contributed by atoms with Crippen molar-refractivity contribution < 1.29 is 5.11 Å². The zero-order valence-corrected chi connectivity index (χ0v) is 17.6. The number of rotatable bonds is 3. The molecular weight excluding hydrogens is 316 g/mol. The second kappa shape index (κ2) is 6.23. The van der Waals surface area contributed by atoms with Gasteiger partial charge in [0, 0.05) is 0 Å². The van der Waals surface area contributed by atoms with Crippen molar-refractivity contribution in [2.45, 2.75) is 104 Å². The highest BCUT2D eigenvalue weighted by atomic mass is 16.3. The summed E-state index contributed by atoms with van der Waals surface area (Å²) in [5.74, 6) is 7.00. The molecule has 0 radical (unpaired) electrons. The van der Waals surface area contributed by atoms with Crippen molar-refractivity contribution in [2.24, 2.45) is 52.3 Å². The van der Waals surface area contributed by atoms with Gasteiger partial charge in [0.15, 0.2) is 0 Å². The summed E-state index contributed by atoms with van der Waals surface area (Å²) in [5, 5.41) is 10.3. The summed E-state index contributed by atoms with van der Waals surface area (Å²) >= 11 is 0. The Bertz CT molecular complexity index is 538. The quantitative estimate of drug-likeness (QED) is 0.615. The molecule has 1 nitrogen and oxygen atoms in total. The lowest BCUT2D eigenvalue weighted by atomic mass is 9.44. The molecule has 5 saturated carbocycles. The van der Waals surface area contributed by atoms with Crippen LogP contribution in [0.1, 0.15) is 97.8 Å². The minimum absolute atomic E-state index is 0.00175. The van der Waals surface area contributed by atoms with Crippen molar-refractivity contribution in [2.75, 3.05) is 0 Å².